The molecule has 0 aliphatic heterocycles. The topological polar surface area (TPSA) is 96.0 Å². The molecule has 1 amide bonds. The number of ether oxygens (including phenoxy) is 1. The summed E-state index contributed by atoms with van der Waals surface area (Å²) in [5.74, 6) is -1.73. The van der Waals surface area contributed by atoms with Gasteiger partial charge in [-0.2, -0.15) is 0 Å². The van der Waals surface area contributed by atoms with Crippen LogP contribution in [0, 0.1) is 18.6 Å². The van der Waals surface area contributed by atoms with Crippen LogP contribution < -0.4 is 15.6 Å². The average Bonchev–Trinajstić information content (AvgIpc) is 3.39. The summed E-state index contributed by atoms with van der Waals surface area (Å²) < 4.78 is 37.8. The summed E-state index contributed by atoms with van der Waals surface area (Å²) in [6.45, 7) is 7.46. The van der Waals surface area contributed by atoms with E-state index in [1.165, 1.54) is 10.7 Å². The van der Waals surface area contributed by atoms with Crippen molar-refractivity contribution in [2.45, 2.75) is 31.7 Å². The van der Waals surface area contributed by atoms with Gasteiger partial charge in [0.2, 0.25) is 5.91 Å². The number of halogens is 2. The number of nitrogens with one attached hydrogen (secondary N) is 1. The largest absolute Gasteiger partial charge is 0.480 e. The molecule has 198 valence electrons. The highest BCUT2D eigenvalue weighted by atomic mass is 32.2. The van der Waals surface area contributed by atoms with Crippen LogP contribution in [0.2, 0.25) is 0 Å². The van der Waals surface area contributed by atoms with Crippen LogP contribution in [-0.2, 0) is 18.4 Å². The maximum Gasteiger partial charge on any atom is 0.295 e. The minimum Gasteiger partial charge on any atom is -0.480 e. The van der Waals surface area contributed by atoms with Crippen molar-refractivity contribution in [2.24, 2.45) is 7.05 Å². The highest BCUT2D eigenvalue weighted by molar-refractivity contribution is 7.99. The zero-order valence-electron chi connectivity index (χ0n) is 21.0. The Labute approximate surface area is 221 Å². The molecule has 0 spiro atoms. The molecule has 0 bridgehead atoms. The number of hydrogen-bond donors (Lipinski definition) is 1. The highest BCUT2D eigenvalue weighted by Gasteiger charge is 2.22. The molecule has 2 aromatic heterocycles. The van der Waals surface area contributed by atoms with Crippen LogP contribution in [0.25, 0.3) is 5.69 Å². The fourth-order valence-corrected chi connectivity index (χ4v) is 4.59. The summed E-state index contributed by atoms with van der Waals surface area (Å²) >= 11 is 1.12. The predicted octanol–water partition coefficient (Wildman–Crippen LogP) is 4.41. The van der Waals surface area contributed by atoms with Crippen molar-refractivity contribution < 1.29 is 18.3 Å². The summed E-state index contributed by atoms with van der Waals surface area (Å²) in [6.07, 6.45) is 0.899. The van der Waals surface area contributed by atoms with Gasteiger partial charge in [-0.25, -0.2) is 13.5 Å². The molecule has 4 rings (SSSR count). The minimum absolute atomic E-state index is 0.0454. The molecule has 2 heterocycles. The van der Waals surface area contributed by atoms with Crippen molar-refractivity contribution in [3.8, 4) is 11.4 Å². The Morgan fingerprint density at radius 3 is 2.63 bits per heavy atom. The number of amides is 1. The number of anilines is 1. The summed E-state index contributed by atoms with van der Waals surface area (Å²) in [5, 5.41) is 11.4. The van der Waals surface area contributed by atoms with Crippen molar-refractivity contribution in [3.05, 3.63) is 94.7 Å². The van der Waals surface area contributed by atoms with Crippen molar-refractivity contribution in [1.29, 1.82) is 0 Å². The van der Waals surface area contributed by atoms with E-state index in [9.17, 15) is 18.4 Å². The fourth-order valence-electron chi connectivity index (χ4n) is 3.84. The van der Waals surface area contributed by atoms with Gasteiger partial charge in [0.05, 0.1) is 17.1 Å². The number of carbonyl (C=O) groups excluding carboxylic acids is 1. The second-order valence-electron chi connectivity index (χ2n) is 8.35. The van der Waals surface area contributed by atoms with E-state index in [1.807, 2.05) is 30.3 Å². The molecule has 38 heavy (non-hydrogen) atoms. The SMILES string of the molecule is C=CCn1c(SCC(=O)Nc2c(C)n(C)n(-c3ccccc3)c2=O)nnc1C(C)Oc1ccc(F)cc1F. The van der Waals surface area contributed by atoms with E-state index >= 15 is 0 Å². The van der Waals surface area contributed by atoms with Gasteiger partial charge in [0.15, 0.2) is 28.7 Å². The molecule has 1 atom stereocenters. The first-order valence-corrected chi connectivity index (χ1v) is 12.6. The van der Waals surface area contributed by atoms with Crippen LogP contribution in [0.5, 0.6) is 5.75 Å². The zero-order valence-corrected chi connectivity index (χ0v) is 21.8. The lowest BCUT2D eigenvalue weighted by atomic mass is 10.3. The first-order valence-electron chi connectivity index (χ1n) is 11.6. The molecule has 9 nitrogen and oxygen atoms in total. The first kappa shape index (κ1) is 26.9. The summed E-state index contributed by atoms with van der Waals surface area (Å²) in [7, 11) is 1.74. The van der Waals surface area contributed by atoms with Crippen molar-refractivity contribution in [1.82, 2.24) is 24.1 Å². The third kappa shape index (κ3) is 5.54. The molecule has 12 heteroatoms. The Bertz CT molecular complexity index is 1530. The van der Waals surface area contributed by atoms with Gasteiger partial charge < -0.3 is 10.1 Å². The minimum atomic E-state index is -0.833. The number of aromatic nitrogens is 5. The van der Waals surface area contributed by atoms with E-state index < -0.39 is 23.6 Å². The van der Waals surface area contributed by atoms with Gasteiger partial charge in [0, 0.05) is 19.7 Å². The van der Waals surface area contributed by atoms with Gasteiger partial charge >= 0.3 is 0 Å². The molecule has 0 radical (unpaired) electrons. The van der Waals surface area contributed by atoms with E-state index in [1.54, 1.807) is 36.2 Å². The van der Waals surface area contributed by atoms with Crippen LogP contribution in [0.4, 0.5) is 14.5 Å². The van der Waals surface area contributed by atoms with Crippen LogP contribution in [0.1, 0.15) is 24.5 Å². The molecule has 0 saturated heterocycles. The number of nitrogens with zero attached hydrogens (tertiary/aromatic N) is 5. The Morgan fingerprint density at radius 2 is 1.95 bits per heavy atom. The standard InChI is InChI=1S/C26H26F2N6O3S/c1-5-13-33-24(17(3)37-21-12-11-18(27)14-20(21)28)30-31-26(33)38-15-22(35)29-23-16(2)32(4)34(25(23)36)19-9-7-6-8-10-19/h5-12,14,17H,1,13,15H2,2-4H3,(H,29,35). The van der Waals surface area contributed by atoms with Gasteiger partial charge in [-0.15, -0.1) is 16.8 Å². The Balaban J connectivity index is 1.48. The first-order chi connectivity index (χ1) is 18.2. The Kier molecular flexibility index (Phi) is 8.10. The summed E-state index contributed by atoms with van der Waals surface area (Å²) in [4.78, 5) is 25.9. The average molecular weight is 541 g/mol. The molecule has 0 aliphatic carbocycles. The summed E-state index contributed by atoms with van der Waals surface area (Å²) in [5.41, 5.74) is 1.14. The number of benzene rings is 2. The lowest BCUT2D eigenvalue weighted by Crippen LogP contribution is -2.23. The van der Waals surface area contributed by atoms with Gasteiger partial charge in [-0.1, -0.05) is 36.0 Å². The van der Waals surface area contributed by atoms with Gasteiger partial charge in [-0.05, 0) is 38.1 Å². The van der Waals surface area contributed by atoms with Gasteiger partial charge in [0.25, 0.3) is 5.56 Å². The second-order valence-corrected chi connectivity index (χ2v) is 9.29. The second kappa shape index (κ2) is 11.5. The van der Waals surface area contributed by atoms with Crippen LogP contribution in [0.15, 0.2) is 71.1 Å². The molecular weight excluding hydrogens is 514 g/mol. The van der Waals surface area contributed by atoms with Gasteiger partial charge in [-0.3, -0.25) is 18.8 Å². The van der Waals surface area contributed by atoms with Crippen LogP contribution in [0.3, 0.4) is 0 Å². The molecule has 0 fully saturated rings. The fraction of sp³-hybridized carbons (Fsp3) is 0.231. The number of rotatable bonds is 10. The lowest BCUT2D eigenvalue weighted by molar-refractivity contribution is -0.113. The van der Waals surface area contributed by atoms with E-state index in [2.05, 4.69) is 22.1 Å². The van der Waals surface area contributed by atoms with Crippen molar-refractivity contribution in [3.63, 3.8) is 0 Å². The van der Waals surface area contributed by atoms with E-state index in [0.717, 1.165) is 23.9 Å². The number of carbonyl (C=O) groups is 1. The van der Waals surface area contributed by atoms with Gasteiger partial charge in [0.1, 0.15) is 11.5 Å². The zero-order chi connectivity index (χ0) is 27.4. The predicted molar refractivity (Wildman–Crippen MR) is 141 cm³/mol. The third-order valence-electron chi connectivity index (χ3n) is 5.77. The molecule has 4 aromatic rings. The summed E-state index contributed by atoms with van der Waals surface area (Å²) in [6, 6.07) is 12.2. The van der Waals surface area contributed by atoms with E-state index in [4.69, 9.17) is 4.74 Å². The highest BCUT2D eigenvalue weighted by Crippen LogP contribution is 2.27. The molecule has 1 N–H and O–H groups in total. The molecule has 0 aliphatic rings. The number of thioether (sulfide) groups is 1. The third-order valence-corrected chi connectivity index (χ3v) is 6.74. The lowest BCUT2D eigenvalue weighted by Gasteiger charge is -2.16. The molecule has 0 saturated carbocycles. The normalized spacial score (nSPS) is 11.8. The van der Waals surface area contributed by atoms with Crippen LogP contribution >= 0.6 is 11.8 Å². The monoisotopic (exact) mass is 540 g/mol. The maximum absolute atomic E-state index is 14.1. The molecular formula is C26H26F2N6O3S. The number of allylic oxidation sites excluding steroid dienone is 1. The maximum atomic E-state index is 14.1. The Morgan fingerprint density at radius 1 is 1.21 bits per heavy atom. The van der Waals surface area contributed by atoms with E-state index in [-0.39, 0.29) is 22.7 Å². The van der Waals surface area contributed by atoms with Crippen LogP contribution in [-0.4, -0.2) is 35.8 Å². The van der Waals surface area contributed by atoms with E-state index in [0.29, 0.717) is 28.9 Å². The number of para-hydroxylation sites is 1. The Hall–Kier alpha value is -4.19. The number of hydrogen-bond acceptors (Lipinski definition) is 6. The van der Waals surface area contributed by atoms with Crippen molar-refractivity contribution >= 4 is 23.4 Å². The molecule has 1 unspecified atom stereocenters. The van der Waals surface area contributed by atoms with Crippen molar-refractivity contribution in [2.75, 3.05) is 11.1 Å². The smallest absolute Gasteiger partial charge is 0.295 e. The quantitative estimate of drug-likeness (QED) is 0.237. The molecule has 2 aromatic carbocycles.